The van der Waals surface area contributed by atoms with Gasteiger partial charge < -0.3 is 19.9 Å². The lowest BCUT2D eigenvalue weighted by Crippen LogP contribution is -2.41. The molecule has 0 aliphatic carbocycles. The summed E-state index contributed by atoms with van der Waals surface area (Å²) in [6.07, 6.45) is 0.512. The highest BCUT2D eigenvalue weighted by molar-refractivity contribution is 5.74. The molecular formula is C24H30F3N5O2. The van der Waals surface area contributed by atoms with Crippen LogP contribution in [0, 0.1) is 11.6 Å². The van der Waals surface area contributed by atoms with Gasteiger partial charge in [0.15, 0.2) is 23.2 Å². The second-order valence-electron chi connectivity index (χ2n) is 8.91. The van der Waals surface area contributed by atoms with Crippen LogP contribution in [0.2, 0.25) is 0 Å². The number of alkyl halides is 1. The van der Waals surface area contributed by atoms with E-state index in [0.29, 0.717) is 50.5 Å². The maximum absolute atomic E-state index is 14.0. The van der Waals surface area contributed by atoms with Crippen LogP contribution >= 0.6 is 0 Å². The van der Waals surface area contributed by atoms with Crippen LogP contribution < -0.4 is 15.0 Å². The number of anilines is 2. The minimum absolute atomic E-state index is 0.0130. The Hall–Kier alpha value is -3.04. The number of carbonyl (C=O) groups is 1. The monoisotopic (exact) mass is 477 g/mol. The highest BCUT2D eigenvalue weighted by atomic mass is 19.1. The lowest BCUT2D eigenvalue weighted by atomic mass is 10.0. The van der Waals surface area contributed by atoms with Crippen molar-refractivity contribution in [1.82, 2.24) is 14.9 Å². The zero-order chi connectivity index (χ0) is 24.4. The molecule has 1 aromatic carbocycles. The smallest absolute Gasteiger partial charge is 0.220 e. The SMILES string of the molecule is CC(=O)N1CCc2nc(NCC(C)F)c(N3CCC(Oc4ccc(F)cc4F)CC3)nc2C1C. The van der Waals surface area contributed by atoms with Crippen molar-refractivity contribution in [2.45, 2.75) is 58.4 Å². The number of rotatable bonds is 6. The van der Waals surface area contributed by atoms with Crippen molar-refractivity contribution in [3.8, 4) is 5.75 Å². The molecule has 1 N–H and O–H groups in total. The Morgan fingerprint density at radius 2 is 1.97 bits per heavy atom. The zero-order valence-corrected chi connectivity index (χ0v) is 19.7. The number of aromatic nitrogens is 2. The number of ether oxygens (including phenoxy) is 1. The third kappa shape index (κ3) is 5.20. The van der Waals surface area contributed by atoms with Crippen LogP contribution in [0.1, 0.15) is 51.0 Å². The standard InChI is InChI=1S/C24H30F3N5O2/c1-14(25)13-28-23-24(30-22-15(2)32(16(3)33)11-8-20(22)29-23)31-9-6-18(7-10-31)34-21-5-4-17(26)12-19(21)27/h4-5,12,14-15,18H,6-11,13H2,1-3H3,(H,28,29). The van der Waals surface area contributed by atoms with Crippen molar-refractivity contribution in [2.75, 3.05) is 36.4 Å². The quantitative estimate of drug-likeness (QED) is 0.677. The zero-order valence-electron chi connectivity index (χ0n) is 19.7. The van der Waals surface area contributed by atoms with Gasteiger partial charge in [-0.25, -0.2) is 23.1 Å². The van der Waals surface area contributed by atoms with Gasteiger partial charge in [0, 0.05) is 58.4 Å². The first kappa shape index (κ1) is 24.1. The van der Waals surface area contributed by atoms with Crippen LogP contribution in [-0.4, -0.2) is 59.2 Å². The van der Waals surface area contributed by atoms with Gasteiger partial charge in [-0.15, -0.1) is 0 Å². The molecule has 1 aromatic heterocycles. The van der Waals surface area contributed by atoms with E-state index in [0.717, 1.165) is 17.5 Å². The molecule has 0 bridgehead atoms. The molecule has 1 saturated heterocycles. The van der Waals surface area contributed by atoms with E-state index in [1.54, 1.807) is 11.8 Å². The van der Waals surface area contributed by atoms with Crippen molar-refractivity contribution in [2.24, 2.45) is 0 Å². The second kappa shape index (κ2) is 10.1. The van der Waals surface area contributed by atoms with E-state index in [-0.39, 0.29) is 30.3 Å². The fourth-order valence-corrected chi connectivity index (χ4v) is 4.50. The number of hydrogen-bond donors (Lipinski definition) is 1. The maximum Gasteiger partial charge on any atom is 0.220 e. The average molecular weight is 478 g/mol. The van der Waals surface area contributed by atoms with E-state index >= 15 is 0 Å². The van der Waals surface area contributed by atoms with Crippen LogP contribution in [0.25, 0.3) is 0 Å². The molecule has 3 heterocycles. The Balaban J connectivity index is 1.53. The van der Waals surface area contributed by atoms with Crippen molar-refractivity contribution in [3.63, 3.8) is 0 Å². The van der Waals surface area contributed by atoms with Gasteiger partial charge in [-0.1, -0.05) is 0 Å². The number of halogens is 3. The van der Waals surface area contributed by atoms with Crippen LogP contribution in [0.3, 0.4) is 0 Å². The Morgan fingerprint density at radius 1 is 1.24 bits per heavy atom. The van der Waals surface area contributed by atoms with Crippen molar-refractivity contribution >= 4 is 17.5 Å². The number of benzene rings is 1. The van der Waals surface area contributed by atoms with Gasteiger partial charge in [0.1, 0.15) is 18.1 Å². The number of piperidine rings is 1. The average Bonchev–Trinajstić information content (AvgIpc) is 2.79. The summed E-state index contributed by atoms with van der Waals surface area (Å²) in [6.45, 7) is 6.78. The summed E-state index contributed by atoms with van der Waals surface area (Å²) < 4.78 is 46.5. The van der Waals surface area contributed by atoms with Gasteiger partial charge in [0.25, 0.3) is 0 Å². The first-order chi connectivity index (χ1) is 16.2. The normalized spacial score (nSPS) is 19.5. The minimum Gasteiger partial charge on any atom is -0.487 e. The predicted octanol–water partition coefficient (Wildman–Crippen LogP) is 4.04. The number of nitrogens with one attached hydrogen (secondary N) is 1. The number of hydrogen-bond acceptors (Lipinski definition) is 6. The van der Waals surface area contributed by atoms with E-state index in [1.165, 1.54) is 19.1 Å². The van der Waals surface area contributed by atoms with Gasteiger partial charge in [-0.2, -0.15) is 0 Å². The fourth-order valence-electron chi connectivity index (χ4n) is 4.50. The lowest BCUT2D eigenvalue weighted by Gasteiger charge is -2.37. The minimum atomic E-state index is -1.05. The fraction of sp³-hybridized carbons (Fsp3) is 0.542. The van der Waals surface area contributed by atoms with Gasteiger partial charge in [-0.3, -0.25) is 4.79 Å². The molecule has 2 unspecified atom stereocenters. The number of nitrogens with zero attached hydrogens (tertiary/aromatic N) is 4. The Labute approximate surface area is 197 Å². The van der Waals surface area contributed by atoms with E-state index in [9.17, 15) is 18.0 Å². The van der Waals surface area contributed by atoms with E-state index in [4.69, 9.17) is 14.7 Å². The van der Waals surface area contributed by atoms with Crippen LogP contribution in [0.15, 0.2) is 18.2 Å². The first-order valence-electron chi connectivity index (χ1n) is 11.7. The van der Waals surface area contributed by atoms with E-state index in [2.05, 4.69) is 10.2 Å². The second-order valence-corrected chi connectivity index (χ2v) is 8.91. The van der Waals surface area contributed by atoms with E-state index < -0.39 is 17.8 Å². The molecule has 10 heteroatoms. The van der Waals surface area contributed by atoms with Crippen LogP contribution in [0.4, 0.5) is 24.8 Å². The third-order valence-electron chi connectivity index (χ3n) is 6.32. The molecule has 1 amide bonds. The number of carbonyl (C=O) groups excluding carboxylic acids is 1. The van der Waals surface area contributed by atoms with Crippen LogP contribution in [0.5, 0.6) is 5.75 Å². The van der Waals surface area contributed by atoms with E-state index in [1.807, 2.05) is 6.92 Å². The molecule has 7 nitrogen and oxygen atoms in total. The Kier molecular flexibility index (Phi) is 7.13. The molecule has 2 aromatic rings. The van der Waals surface area contributed by atoms with Gasteiger partial charge in [-0.05, 0) is 26.0 Å². The summed E-state index contributed by atoms with van der Waals surface area (Å²) in [5.41, 5.74) is 1.56. The van der Waals surface area contributed by atoms with Crippen LogP contribution in [-0.2, 0) is 11.2 Å². The molecule has 34 heavy (non-hydrogen) atoms. The first-order valence-corrected chi connectivity index (χ1v) is 11.7. The molecular weight excluding hydrogens is 447 g/mol. The number of amides is 1. The molecule has 2 atom stereocenters. The third-order valence-corrected chi connectivity index (χ3v) is 6.32. The largest absolute Gasteiger partial charge is 0.487 e. The highest BCUT2D eigenvalue weighted by Crippen LogP contribution is 2.34. The maximum atomic E-state index is 14.0. The van der Waals surface area contributed by atoms with Gasteiger partial charge in [0.05, 0.1) is 17.4 Å². The summed E-state index contributed by atoms with van der Waals surface area (Å²) in [6, 6.07) is 3.08. The molecule has 184 valence electrons. The molecule has 2 aliphatic heterocycles. The van der Waals surface area contributed by atoms with Crippen molar-refractivity contribution in [1.29, 1.82) is 0 Å². The molecule has 0 spiro atoms. The summed E-state index contributed by atoms with van der Waals surface area (Å²) in [7, 11) is 0. The predicted molar refractivity (Wildman–Crippen MR) is 123 cm³/mol. The number of fused-ring (bicyclic) bond motifs is 1. The summed E-state index contributed by atoms with van der Waals surface area (Å²) in [4.78, 5) is 25.5. The van der Waals surface area contributed by atoms with Crippen molar-refractivity contribution < 1.29 is 22.7 Å². The van der Waals surface area contributed by atoms with Gasteiger partial charge >= 0.3 is 0 Å². The Morgan fingerprint density at radius 3 is 2.62 bits per heavy atom. The molecule has 0 saturated carbocycles. The molecule has 4 rings (SSSR count). The van der Waals surface area contributed by atoms with Crippen molar-refractivity contribution in [3.05, 3.63) is 41.2 Å². The molecule has 0 radical (unpaired) electrons. The topological polar surface area (TPSA) is 70.6 Å². The molecule has 1 fully saturated rings. The summed E-state index contributed by atoms with van der Waals surface area (Å²) in [5.74, 6) is -0.213. The Bertz CT molecular complexity index is 1040. The summed E-state index contributed by atoms with van der Waals surface area (Å²) >= 11 is 0. The summed E-state index contributed by atoms with van der Waals surface area (Å²) in [5, 5.41) is 3.09. The molecule has 2 aliphatic rings. The van der Waals surface area contributed by atoms with Gasteiger partial charge in [0.2, 0.25) is 5.91 Å². The lowest BCUT2D eigenvalue weighted by molar-refractivity contribution is -0.131. The highest BCUT2D eigenvalue weighted by Gasteiger charge is 2.32.